The summed E-state index contributed by atoms with van der Waals surface area (Å²) in [5.41, 5.74) is -3.88. The minimum Gasteiger partial charge on any atom is -0.496 e. The van der Waals surface area contributed by atoms with Crippen LogP contribution < -0.4 is 41.3 Å². The lowest BCUT2D eigenvalue weighted by atomic mass is 10.0. The highest BCUT2D eigenvalue weighted by atomic mass is 31.1. The molecule has 0 aromatic heterocycles. The number of carboxylic acid groups (broad SMARTS) is 8. The van der Waals surface area contributed by atoms with Crippen LogP contribution in [0.5, 0.6) is 11.5 Å². The number of hydrogen-bond donors (Lipinski definition) is 8. The lowest BCUT2D eigenvalue weighted by Crippen LogP contribution is -2.29. The zero-order valence-electron chi connectivity index (χ0n) is 33.9. The van der Waals surface area contributed by atoms with E-state index in [1.165, 1.54) is 50.6 Å². The first-order chi connectivity index (χ1) is 31.2. The molecule has 0 aliphatic rings. The Morgan fingerprint density at radius 3 is 0.697 bits per heavy atom. The largest absolute Gasteiger partial charge is 0.496 e. The van der Waals surface area contributed by atoms with Crippen molar-refractivity contribution in [3.05, 3.63) is 154 Å². The van der Waals surface area contributed by atoms with Crippen molar-refractivity contribution in [2.24, 2.45) is 0 Å². The molecule has 0 radical (unpaired) electrons. The van der Waals surface area contributed by atoms with Crippen molar-refractivity contribution < 1.29 is 88.7 Å². The molecule has 0 bridgehead atoms. The third kappa shape index (κ3) is 9.55. The molecule has 0 heterocycles. The zero-order chi connectivity index (χ0) is 48.3. The molecule has 20 heteroatoms. The molecular formula is C46H32O18P2. The van der Waals surface area contributed by atoms with Gasteiger partial charge in [-0.05, 0) is 133 Å². The highest BCUT2D eigenvalue weighted by Gasteiger charge is 2.33. The van der Waals surface area contributed by atoms with Gasteiger partial charge in [0.05, 0.1) is 58.7 Å². The molecule has 0 unspecified atom stereocenters. The van der Waals surface area contributed by atoms with Crippen LogP contribution in [-0.2, 0) is 0 Å². The molecule has 6 rings (SSSR count). The molecular weight excluding hydrogens is 902 g/mol. The van der Waals surface area contributed by atoms with Gasteiger partial charge in [-0.25, -0.2) is 38.4 Å². The van der Waals surface area contributed by atoms with Crippen LogP contribution >= 0.6 is 15.8 Å². The summed E-state index contributed by atoms with van der Waals surface area (Å²) in [6.45, 7) is 0. The van der Waals surface area contributed by atoms with Crippen molar-refractivity contribution in [2.45, 2.75) is 0 Å². The standard InChI is InChI=1S/C46H32O18P2/c1-63-33-5-3-7-35(65(29-13-21(39(47)48)9-22(14-29)40(49)50)30-15-23(41(51)52)10-24(16-30)42(53)54)37(33)38-34(64-2)6-4-8-36(38)66(31-17-25(43(55)56)11-26(18-31)44(57)58)32-19-27(45(59)60)12-28(20-32)46(61)62/h3-20H,1-2H3,(H,47,48)(H,49,50)(H,51,52)(H,53,54)(H,55,56)(H,57,58)(H,59,60)(H,61,62). The molecule has 66 heavy (non-hydrogen) atoms. The number of methoxy groups -OCH3 is 2. The Morgan fingerprint density at radius 1 is 0.333 bits per heavy atom. The van der Waals surface area contributed by atoms with E-state index in [0.29, 0.717) is 0 Å². The Morgan fingerprint density at radius 2 is 0.530 bits per heavy atom. The van der Waals surface area contributed by atoms with Crippen LogP contribution in [0.2, 0.25) is 0 Å². The first-order valence-corrected chi connectivity index (χ1v) is 21.3. The van der Waals surface area contributed by atoms with E-state index in [9.17, 15) is 79.2 Å². The molecule has 0 saturated carbocycles. The summed E-state index contributed by atoms with van der Waals surface area (Å²) in [6, 6.07) is 21.7. The fraction of sp³-hybridized carbons (Fsp3) is 0.0435. The van der Waals surface area contributed by atoms with Gasteiger partial charge in [-0.1, -0.05) is 24.3 Å². The van der Waals surface area contributed by atoms with Gasteiger partial charge in [0.2, 0.25) is 0 Å². The van der Waals surface area contributed by atoms with Crippen LogP contribution in [0.3, 0.4) is 0 Å². The number of rotatable bonds is 17. The Kier molecular flexibility index (Phi) is 13.6. The topological polar surface area (TPSA) is 317 Å². The average Bonchev–Trinajstić information content (AvgIpc) is 3.28. The minimum absolute atomic E-state index is 0.0254. The maximum Gasteiger partial charge on any atom is 0.335 e. The highest BCUT2D eigenvalue weighted by molar-refractivity contribution is 7.81. The van der Waals surface area contributed by atoms with Crippen molar-refractivity contribution in [3.63, 3.8) is 0 Å². The molecule has 8 N–H and O–H groups in total. The van der Waals surface area contributed by atoms with Crippen LogP contribution in [0.4, 0.5) is 0 Å². The maximum atomic E-state index is 12.5. The number of carboxylic acids is 8. The predicted molar refractivity (Wildman–Crippen MR) is 238 cm³/mol. The quantitative estimate of drug-likeness (QED) is 0.0585. The number of aromatic carboxylic acids is 8. The third-order valence-electron chi connectivity index (χ3n) is 9.86. The molecule has 0 amide bonds. The monoisotopic (exact) mass is 934 g/mol. The molecule has 0 fully saturated rings. The van der Waals surface area contributed by atoms with Gasteiger partial charge in [0.25, 0.3) is 0 Å². The lowest BCUT2D eigenvalue weighted by Gasteiger charge is -2.29. The normalized spacial score (nSPS) is 10.9. The van der Waals surface area contributed by atoms with Crippen LogP contribution in [-0.4, -0.2) is 103 Å². The molecule has 18 nitrogen and oxygen atoms in total. The highest BCUT2D eigenvalue weighted by Crippen LogP contribution is 2.47. The second-order valence-electron chi connectivity index (χ2n) is 13.9. The Hall–Kier alpha value is -8.46. The average molecular weight is 935 g/mol. The van der Waals surface area contributed by atoms with E-state index in [2.05, 4.69) is 0 Å². The summed E-state index contributed by atoms with van der Waals surface area (Å²) in [5.74, 6) is -12.3. The van der Waals surface area contributed by atoms with Crippen molar-refractivity contribution in [1.82, 2.24) is 0 Å². The number of benzene rings is 6. The molecule has 334 valence electrons. The maximum absolute atomic E-state index is 12.5. The zero-order valence-corrected chi connectivity index (χ0v) is 35.7. The first-order valence-electron chi connectivity index (χ1n) is 18.7. The molecule has 6 aromatic rings. The van der Waals surface area contributed by atoms with E-state index < -0.39 is 108 Å². The van der Waals surface area contributed by atoms with Gasteiger partial charge in [0.1, 0.15) is 11.5 Å². The SMILES string of the molecule is COc1cccc(P(c2cc(C(=O)O)cc(C(=O)O)c2)c2cc(C(=O)O)cc(C(=O)O)c2)c1-c1c(OC)cccc1P(c1cc(C(=O)O)cc(C(=O)O)c1)c1cc(C(=O)O)cc(C(=O)O)c1. The Bertz CT molecular complexity index is 2580. The second kappa shape index (κ2) is 19.1. The predicted octanol–water partition coefficient (Wildman–Crippen LogP) is 4.47. The second-order valence-corrected chi connectivity index (χ2v) is 18.3. The van der Waals surface area contributed by atoms with Crippen molar-refractivity contribution in [1.29, 1.82) is 0 Å². The van der Waals surface area contributed by atoms with E-state index in [1.54, 1.807) is 0 Å². The first kappa shape index (κ1) is 47.0. The van der Waals surface area contributed by atoms with E-state index in [0.717, 1.165) is 72.8 Å². The summed E-state index contributed by atoms with van der Waals surface area (Å²) in [4.78, 5) is 100. The Balaban J connectivity index is 1.86. The summed E-state index contributed by atoms with van der Waals surface area (Å²) in [7, 11) is -2.42. The van der Waals surface area contributed by atoms with Crippen molar-refractivity contribution >= 4 is 95.4 Å². The summed E-state index contributed by atoms with van der Waals surface area (Å²) >= 11 is 0. The van der Waals surface area contributed by atoms with Crippen molar-refractivity contribution in [3.8, 4) is 22.6 Å². The van der Waals surface area contributed by atoms with Crippen LogP contribution in [0.25, 0.3) is 11.1 Å². The number of hydrogen-bond acceptors (Lipinski definition) is 10. The number of ether oxygens (including phenoxy) is 2. The van der Waals surface area contributed by atoms with E-state index in [4.69, 9.17) is 9.47 Å². The molecule has 0 atom stereocenters. The van der Waals surface area contributed by atoms with Gasteiger partial charge in [-0.15, -0.1) is 0 Å². The van der Waals surface area contributed by atoms with Gasteiger partial charge in [-0.3, -0.25) is 0 Å². The van der Waals surface area contributed by atoms with Gasteiger partial charge >= 0.3 is 47.8 Å². The molecule has 0 aliphatic heterocycles. The lowest BCUT2D eigenvalue weighted by molar-refractivity contribution is 0.0676. The molecule has 0 aliphatic carbocycles. The van der Waals surface area contributed by atoms with Crippen LogP contribution in [0.1, 0.15) is 82.9 Å². The van der Waals surface area contributed by atoms with E-state index >= 15 is 0 Å². The van der Waals surface area contributed by atoms with Gasteiger partial charge in [-0.2, -0.15) is 0 Å². The molecule has 6 aromatic carbocycles. The third-order valence-corrected chi connectivity index (χ3v) is 14.7. The smallest absolute Gasteiger partial charge is 0.335 e. The summed E-state index contributed by atoms with van der Waals surface area (Å²) < 4.78 is 11.9. The van der Waals surface area contributed by atoms with Gasteiger partial charge in [0, 0.05) is 11.1 Å². The summed E-state index contributed by atoms with van der Waals surface area (Å²) in [5, 5.41) is 81.4. The fourth-order valence-electron chi connectivity index (χ4n) is 7.06. The van der Waals surface area contributed by atoms with E-state index in [-0.39, 0.29) is 54.5 Å². The fourth-order valence-corrected chi connectivity index (χ4v) is 12.3. The minimum atomic E-state index is -2.48. The molecule has 0 saturated heterocycles. The van der Waals surface area contributed by atoms with Gasteiger partial charge in [0.15, 0.2) is 0 Å². The molecule has 0 spiro atoms. The summed E-state index contributed by atoms with van der Waals surface area (Å²) in [6.07, 6.45) is 0. The van der Waals surface area contributed by atoms with Gasteiger partial charge < -0.3 is 50.3 Å². The number of carbonyl (C=O) groups is 8. The van der Waals surface area contributed by atoms with Crippen LogP contribution in [0, 0.1) is 0 Å². The van der Waals surface area contributed by atoms with E-state index in [1.807, 2.05) is 0 Å². The Labute approximate surface area is 373 Å². The van der Waals surface area contributed by atoms with Crippen LogP contribution in [0.15, 0.2) is 109 Å². The van der Waals surface area contributed by atoms with Crippen molar-refractivity contribution in [2.75, 3.05) is 14.2 Å².